The van der Waals surface area contributed by atoms with E-state index in [1.165, 1.54) is 5.56 Å². The van der Waals surface area contributed by atoms with Crippen LogP contribution in [-0.4, -0.2) is 16.8 Å². The van der Waals surface area contributed by atoms with Gasteiger partial charge in [-0.05, 0) is 38.2 Å². The van der Waals surface area contributed by atoms with Crippen LogP contribution in [0.3, 0.4) is 0 Å². The molecule has 0 aromatic heterocycles. The summed E-state index contributed by atoms with van der Waals surface area (Å²) in [5.41, 5.74) is 0.756. The predicted octanol–water partition coefficient (Wildman–Crippen LogP) is 2.90. The topological polar surface area (TPSA) is 29.5 Å². The fourth-order valence-corrected chi connectivity index (χ4v) is 2.17. The van der Waals surface area contributed by atoms with Crippen LogP contribution < -0.4 is 0 Å². The molecule has 2 heteroatoms. The fraction of sp³-hybridized carbons (Fsp3) is 0.571. The average molecular weight is 220 g/mol. The van der Waals surface area contributed by atoms with Gasteiger partial charge in [-0.3, -0.25) is 0 Å². The van der Waals surface area contributed by atoms with Crippen molar-refractivity contribution in [1.82, 2.24) is 0 Å². The first-order valence-electron chi connectivity index (χ1n) is 6.04. The number of hydrogen-bond acceptors (Lipinski definition) is 2. The van der Waals surface area contributed by atoms with E-state index in [2.05, 4.69) is 12.1 Å². The second kappa shape index (κ2) is 4.98. The molecule has 0 aliphatic heterocycles. The van der Waals surface area contributed by atoms with Crippen molar-refractivity contribution in [3.63, 3.8) is 0 Å². The largest absolute Gasteiger partial charge is 0.390 e. The maximum Gasteiger partial charge on any atom is 0.0720 e. The highest BCUT2D eigenvalue weighted by Crippen LogP contribution is 2.29. The van der Waals surface area contributed by atoms with E-state index in [4.69, 9.17) is 4.74 Å². The van der Waals surface area contributed by atoms with E-state index in [1.54, 1.807) is 0 Å². The van der Waals surface area contributed by atoms with Crippen molar-refractivity contribution in [1.29, 1.82) is 0 Å². The summed E-state index contributed by atoms with van der Waals surface area (Å²) in [6.45, 7) is 2.61. The van der Waals surface area contributed by atoms with Gasteiger partial charge in [-0.2, -0.15) is 0 Å². The summed E-state index contributed by atoms with van der Waals surface area (Å²) in [5, 5.41) is 9.82. The Labute approximate surface area is 97.3 Å². The molecule has 0 bridgehead atoms. The minimum absolute atomic E-state index is 0.320. The van der Waals surface area contributed by atoms with Gasteiger partial charge in [0.05, 0.1) is 18.3 Å². The summed E-state index contributed by atoms with van der Waals surface area (Å²) >= 11 is 0. The SMILES string of the molecule is CC1(O)CCC(OCc2ccccc2)CC1. The molecule has 16 heavy (non-hydrogen) atoms. The van der Waals surface area contributed by atoms with Gasteiger partial charge >= 0.3 is 0 Å². The zero-order valence-electron chi connectivity index (χ0n) is 9.86. The smallest absolute Gasteiger partial charge is 0.0720 e. The van der Waals surface area contributed by atoms with Crippen LogP contribution in [0.5, 0.6) is 0 Å². The van der Waals surface area contributed by atoms with Crippen molar-refractivity contribution in [2.45, 2.75) is 50.9 Å². The Hall–Kier alpha value is -0.860. The van der Waals surface area contributed by atoms with E-state index in [9.17, 15) is 5.11 Å². The zero-order chi connectivity index (χ0) is 11.4. The molecule has 88 valence electrons. The standard InChI is InChI=1S/C14H20O2/c1-14(15)9-7-13(8-10-14)16-11-12-5-3-2-4-6-12/h2-6,13,15H,7-11H2,1H3. The molecule has 1 aliphatic carbocycles. The van der Waals surface area contributed by atoms with Gasteiger partial charge in [0, 0.05) is 0 Å². The highest BCUT2D eigenvalue weighted by atomic mass is 16.5. The molecular weight excluding hydrogens is 200 g/mol. The Morgan fingerprint density at radius 2 is 1.88 bits per heavy atom. The van der Waals surface area contributed by atoms with Gasteiger partial charge in [0.1, 0.15) is 0 Å². The van der Waals surface area contributed by atoms with E-state index in [1.807, 2.05) is 25.1 Å². The van der Waals surface area contributed by atoms with E-state index in [-0.39, 0.29) is 0 Å². The van der Waals surface area contributed by atoms with Gasteiger partial charge in [0.15, 0.2) is 0 Å². The summed E-state index contributed by atoms with van der Waals surface area (Å²) in [6.07, 6.45) is 3.97. The molecule has 0 heterocycles. The number of benzene rings is 1. The van der Waals surface area contributed by atoms with Crippen LogP contribution in [0, 0.1) is 0 Å². The Bertz CT molecular complexity index is 309. The maximum atomic E-state index is 9.82. The third-order valence-electron chi connectivity index (χ3n) is 3.34. The summed E-state index contributed by atoms with van der Waals surface area (Å²) < 4.78 is 5.85. The third-order valence-corrected chi connectivity index (χ3v) is 3.34. The monoisotopic (exact) mass is 220 g/mol. The van der Waals surface area contributed by atoms with Crippen LogP contribution in [-0.2, 0) is 11.3 Å². The van der Waals surface area contributed by atoms with Crippen molar-refractivity contribution >= 4 is 0 Å². The Morgan fingerprint density at radius 3 is 2.50 bits per heavy atom. The van der Waals surface area contributed by atoms with Crippen LogP contribution in [0.4, 0.5) is 0 Å². The molecule has 0 unspecified atom stereocenters. The van der Waals surface area contributed by atoms with Crippen molar-refractivity contribution in [3.05, 3.63) is 35.9 Å². The number of hydrogen-bond donors (Lipinski definition) is 1. The minimum Gasteiger partial charge on any atom is -0.390 e. The number of aliphatic hydroxyl groups is 1. The van der Waals surface area contributed by atoms with E-state index in [0.29, 0.717) is 12.7 Å². The molecule has 0 amide bonds. The summed E-state index contributed by atoms with van der Waals surface area (Å²) in [5.74, 6) is 0. The first kappa shape index (κ1) is 11.6. The molecule has 1 aliphatic rings. The van der Waals surface area contributed by atoms with Crippen molar-refractivity contribution in [2.75, 3.05) is 0 Å². The quantitative estimate of drug-likeness (QED) is 0.848. The molecule has 0 spiro atoms. The molecule has 1 aromatic rings. The maximum absolute atomic E-state index is 9.82. The van der Waals surface area contributed by atoms with Gasteiger partial charge in [-0.1, -0.05) is 30.3 Å². The highest BCUT2D eigenvalue weighted by molar-refractivity contribution is 5.13. The number of rotatable bonds is 3. The lowest BCUT2D eigenvalue weighted by atomic mass is 9.85. The molecule has 2 rings (SSSR count). The molecule has 1 N–H and O–H groups in total. The lowest BCUT2D eigenvalue weighted by Gasteiger charge is -2.32. The average Bonchev–Trinajstić information content (AvgIpc) is 2.29. The summed E-state index contributed by atoms with van der Waals surface area (Å²) in [4.78, 5) is 0. The lowest BCUT2D eigenvalue weighted by Crippen LogP contribution is -2.33. The molecule has 0 radical (unpaired) electrons. The molecule has 1 fully saturated rings. The third kappa shape index (κ3) is 3.32. The number of ether oxygens (including phenoxy) is 1. The zero-order valence-corrected chi connectivity index (χ0v) is 9.86. The van der Waals surface area contributed by atoms with Gasteiger partial charge in [0.25, 0.3) is 0 Å². The Morgan fingerprint density at radius 1 is 1.25 bits per heavy atom. The van der Waals surface area contributed by atoms with Crippen LogP contribution in [0.2, 0.25) is 0 Å². The van der Waals surface area contributed by atoms with Crippen LogP contribution in [0.1, 0.15) is 38.2 Å². The van der Waals surface area contributed by atoms with E-state index < -0.39 is 5.60 Å². The Kier molecular flexibility index (Phi) is 3.62. The normalized spacial score (nSPS) is 30.2. The molecule has 0 saturated heterocycles. The van der Waals surface area contributed by atoms with Crippen molar-refractivity contribution in [2.24, 2.45) is 0 Å². The second-order valence-corrected chi connectivity index (χ2v) is 4.99. The van der Waals surface area contributed by atoms with Crippen LogP contribution >= 0.6 is 0 Å². The van der Waals surface area contributed by atoms with Crippen molar-refractivity contribution in [3.8, 4) is 0 Å². The van der Waals surface area contributed by atoms with Gasteiger partial charge in [-0.25, -0.2) is 0 Å². The summed E-state index contributed by atoms with van der Waals surface area (Å²) in [6, 6.07) is 10.2. The van der Waals surface area contributed by atoms with Crippen LogP contribution in [0.15, 0.2) is 30.3 Å². The molecule has 1 aromatic carbocycles. The minimum atomic E-state index is -0.466. The van der Waals surface area contributed by atoms with Gasteiger partial charge in [-0.15, -0.1) is 0 Å². The van der Waals surface area contributed by atoms with Gasteiger partial charge < -0.3 is 9.84 Å². The summed E-state index contributed by atoms with van der Waals surface area (Å²) in [7, 11) is 0. The highest BCUT2D eigenvalue weighted by Gasteiger charge is 2.28. The van der Waals surface area contributed by atoms with Crippen LogP contribution in [0.25, 0.3) is 0 Å². The fourth-order valence-electron chi connectivity index (χ4n) is 2.17. The molecular formula is C14H20O2. The lowest BCUT2D eigenvalue weighted by molar-refractivity contribution is -0.0509. The van der Waals surface area contributed by atoms with Crippen molar-refractivity contribution < 1.29 is 9.84 Å². The first-order valence-corrected chi connectivity index (χ1v) is 6.04. The van der Waals surface area contributed by atoms with E-state index in [0.717, 1.165) is 25.7 Å². The predicted molar refractivity (Wildman–Crippen MR) is 64.1 cm³/mol. The molecule has 0 atom stereocenters. The second-order valence-electron chi connectivity index (χ2n) is 4.99. The molecule has 2 nitrogen and oxygen atoms in total. The van der Waals surface area contributed by atoms with E-state index >= 15 is 0 Å². The molecule has 1 saturated carbocycles. The van der Waals surface area contributed by atoms with Gasteiger partial charge in [0.2, 0.25) is 0 Å². The first-order chi connectivity index (χ1) is 7.66. The Balaban J connectivity index is 1.76.